The largest absolute Gasteiger partial charge is 0.487 e. The predicted molar refractivity (Wildman–Crippen MR) is 121 cm³/mol. The molecule has 4 rings (SSSR count). The number of likely N-dealkylation sites (tertiary alicyclic amines) is 1. The van der Waals surface area contributed by atoms with E-state index in [9.17, 15) is 18.3 Å². The summed E-state index contributed by atoms with van der Waals surface area (Å²) in [6.45, 7) is 6.49. The van der Waals surface area contributed by atoms with Gasteiger partial charge in [-0.1, -0.05) is 20.8 Å². The van der Waals surface area contributed by atoms with Crippen LogP contribution in [0, 0.1) is 5.41 Å². The number of carbonyl (C=O) groups is 1. The van der Waals surface area contributed by atoms with Crippen LogP contribution in [-0.2, 0) is 9.84 Å². The number of hydrogen-bond donors (Lipinski definition) is 1. The fraction of sp³-hybridized carbons (Fsp3) is 0.391. The maximum absolute atomic E-state index is 11.8. The van der Waals surface area contributed by atoms with E-state index in [1.54, 1.807) is 24.4 Å². The Morgan fingerprint density at radius 1 is 1.19 bits per heavy atom. The molecular formula is C23H27N3O5S. The van der Waals surface area contributed by atoms with Crippen LogP contribution < -0.4 is 4.74 Å². The van der Waals surface area contributed by atoms with Gasteiger partial charge in [0, 0.05) is 30.8 Å². The van der Waals surface area contributed by atoms with Crippen molar-refractivity contribution in [3.05, 3.63) is 48.8 Å². The number of ether oxygens (including phenoxy) is 1. The normalized spacial score (nSPS) is 19.4. The molecule has 1 N–H and O–H groups in total. The van der Waals surface area contributed by atoms with Crippen molar-refractivity contribution >= 4 is 26.8 Å². The smallest absolute Gasteiger partial charge is 0.407 e. The Labute approximate surface area is 187 Å². The van der Waals surface area contributed by atoms with Crippen molar-refractivity contribution in [3.8, 4) is 11.6 Å². The molecule has 3 heterocycles. The summed E-state index contributed by atoms with van der Waals surface area (Å²) in [5, 5.41) is 10.4. The van der Waals surface area contributed by atoms with Crippen molar-refractivity contribution in [1.82, 2.24) is 14.5 Å². The molecule has 0 bridgehead atoms. The average molecular weight is 458 g/mol. The molecule has 1 amide bonds. The second kappa shape index (κ2) is 7.81. The molecule has 1 saturated heterocycles. The van der Waals surface area contributed by atoms with Crippen molar-refractivity contribution < 1.29 is 23.1 Å². The van der Waals surface area contributed by atoms with Crippen molar-refractivity contribution in [2.45, 2.75) is 44.2 Å². The summed E-state index contributed by atoms with van der Waals surface area (Å²) in [6.07, 6.45) is 4.12. The lowest BCUT2D eigenvalue weighted by molar-refractivity contribution is 0.0570. The Morgan fingerprint density at radius 2 is 1.94 bits per heavy atom. The number of carboxylic acid groups (broad SMARTS) is 1. The summed E-state index contributed by atoms with van der Waals surface area (Å²) in [5.74, 6) is 1.25. The van der Waals surface area contributed by atoms with E-state index in [0.717, 1.165) is 10.9 Å². The fourth-order valence-corrected chi connectivity index (χ4v) is 5.09. The molecule has 170 valence electrons. The first-order chi connectivity index (χ1) is 14.9. The third kappa shape index (κ3) is 4.17. The van der Waals surface area contributed by atoms with Crippen LogP contribution in [0.2, 0.25) is 0 Å². The van der Waals surface area contributed by atoms with Gasteiger partial charge in [0.15, 0.2) is 9.84 Å². The highest BCUT2D eigenvalue weighted by molar-refractivity contribution is 7.90. The Balaban J connectivity index is 1.57. The van der Waals surface area contributed by atoms with Crippen LogP contribution in [0.4, 0.5) is 4.79 Å². The minimum atomic E-state index is -3.27. The minimum Gasteiger partial charge on any atom is -0.487 e. The molecule has 0 radical (unpaired) electrons. The molecule has 8 nitrogen and oxygen atoms in total. The lowest BCUT2D eigenvalue weighted by atomic mass is 9.84. The Kier molecular flexibility index (Phi) is 5.40. The Hall–Kier alpha value is -3.07. The molecule has 1 fully saturated rings. The molecule has 1 aliphatic heterocycles. The lowest BCUT2D eigenvalue weighted by Crippen LogP contribution is -2.48. The van der Waals surface area contributed by atoms with Gasteiger partial charge in [-0.15, -0.1) is 0 Å². The number of amides is 1. The summed E-state index contributed by atoms with van der Waals surface area (Å²) in [5.41, 5.74) is 0.584. The van der Waals surface area contributed by atoms with Crippen molar-refractivity contribution in [1.29, 1.82) is 0 Å². The van der Waals surface area contributed by atoms with Gasteiger partial charge in [-0.3, -0.25) is 0 Å². The zero-order chi connectivity index (χ0) is 23.3. The highest BCUT2D eigenvalue weighted by Gasteiger charge is 2.45. The van der Waals surface area contributed by atoms with E-state index in [0.29, 0.717) is 24.5 Å². The summed E-state index contributed by atoms with van der Waals surface area (Å²) in [6, 6.07) is 10.3. The van der Waals surface area contributed by atoms with Gasteiger partial charge in [0.25, 0.3) is 0 Å². The molecule has 1 aliphatic rings. The second-order valence-corrected chi connectivity index (χ2v) is 11.3. The summed E-state index contributed by atoms with van der Waals surface area (Å²) in [4.78, 5) is 17.9. The molecule has 1 aromatic carbocycles. The van der Waals surface area contributed by atoms with Crippen LogP contribution in [0.15, 0.2) is 53.7 Å². The first kappa shape index (κ1) is 22.1. The lowest BCUT2D eigenvalue weighted by Gasteiger charge is -2.36. The quantitative estimate of drug-likeness (QED) is 0.636. The van der Waals surface area contributed by atoms with E-state index in [2.05, 4.69) is 4.98 Å². The Bertz CT molecular complexity index is 1260. The van der Waals surface area contributed by atoms with E-state index in [-0.39, 0.29) is 22.5 Å². The van der Waals surface area contributed by atoms with Crippen LogP contribution >= 0.6 is 0 Å². The highest BCUT2D eigenvalue weighted by atomic mass is 32.2. The molecular weight excluding hydrogens is 430 g/mol. The molecule has 0 spiro atoms. The number of fused-ring (bicyclic) bond motifs is 1. The van der Waals surface area contributed by atoms with E-state index < -0.39 is 15.9 Å². The van der Waals surface area contributed by atoms with Gasteiger partial charge >= 0.3 is 6.09 Å². The summed E-state index contributed by atoms with van der Waals surface area (Å²) in [7, 11) is -3.27. The van der Waals surface area contributed by atoms with Crippen LogP contribution in [0.25, 0.3) is 16.7 Å². The third-order valence-corrected chi connectivity index (χ3v) is 6.93. The van der Waals surface area contributed by atoms with Crippen LogP contribution in [0.1, 0.15) is 27.2 Å². The first-order valence-electron chi connectivity index (χ1n) is 10.4. The van der Waals surface area contributed by atoms with Gasteiger partial charge in [0.1, 0.15) is 17.7 Å². The number of pyridine rings is 1. The highest BCUT2D eigenvalue weighted by Crippen LogP contribution is 2.35. The monoisotopic (exact) mass is 457 g/mol. The van der Waals surface area contributed by atoms with Gasteiger partial charge in [0.2, 0.25) is 0 Å². The number of hydrogen-bond acceptors (Lipinski definition) is 5. The molecule has 2 unspecified atom stereocenters. The molecule has 2 aromatic heterocycles. The van der Waals surface area contributed by atoms with Crippen LogP contribution in [0.3, 0.4) is 0 Å². The molecule has 0 saturated carbocycles. The molecule has 3 aromatic rings. The van der Waals surface area contributed by atoms with Crippen molar-refractivity contribution in [3.63, 3.8) is 0 Å². The predicted octanol–water partition coefficient (Wildman–Crippen LogP) is 3.97. The SMILES string of the molecule is CC(C)(C)C1C(Oc2ccc(-n3ccc4cc(S(C)(=O)=O)ccc43)nc2)CCN1C(=O)O. The third-order valence-electron chi connectivity index (χ3n) is 5.82. The molecule has 9 heteroatoms. The Morgan fingerprint density at radius 3 is 2.53 bits per heavy atom. The van der Waals surface area contributed by atoms with Crippen molar-refractivity contribution in [2.75, 3.05) is 12.8 Å². The average Bonchev–Trinajstić information content (AvgIpc) is 3.31. The van der Waals surface area contributed by atoms with Gasteiger partial charge in [0.05, 0.1) is 22.7 Å². The number of aromatic nitrogens is 2. The number of sulfone groups is 1. The molecule has 2 atom stereocenters. The van der Waals surface area contributed by atoms with Gasteiger partial charge < -0.3 is 19.3 Å². The maximum atomic E-state index is 11.8. The number of benzene rings is 1. The van der Waals surface area contributed by atoms with Crippen LogP contribution in [0.5, 0.6) is 5.75 Å². The number of rotatable bonds is 4. The number of nitrogens with zero attached hydrogens (tertiary/aromatic N) is 3. The fourth-order valence-electron chi connectivity index (χ4n) is 4.44. The van der Waals surface area contributed by atoms with Gasteiger partial charge in [-0.05, 0) is 41.8 Å². The first-order valence-corrected chi connectivity index (χ1v) is 12.3. The van der Waals surface area contributed by atoms with Gasteiger partial charge in [-0.25, -0.2) is 18.2 Å². The van der Waals surface area contributed by atoms with Gasteiger partial charge in [-0.2, -0.15) is 0 Å². The van der Waals surface area contributed by atoms with E-state index in [1.165, 1.54) is 11.2 Å². The minimum absolute atomic E-state index is 0.249. The second-order valence-electron chi connectivity index (χ2n) is 9.26. The maximum Gasteiger partial charge on any atom is 0.407 e. The molecule has 32 heavy (non-hydrogen) atoms. The standard InChI is InChI=1S/C23H27N3O5S/c1-23(2,3)21-19(10-12-26(21)22(27)28)31-16-5-8-20(24-14-16)25-11-9-15-13-17(32(4,29)30)6-7-18(15)25/h5-9,11,13-14,19,21H,10,12H2,1-4H3,(H,27,28). The van der Waals surface area contributed by atoms with Crippen LogP contribution in [-0.4, -0.2) is 59.0 Å². The summed E-state index contributed by atoms with van der Waals surface area (Å²) < 4.78 is 31.7. The summed E-state index contributed by atoms with van der Waals surface area (Å²) >= 11 is 0. The van der Waals surface area contributed by atoms with E-state index in [4.69, 9.17) is 4.74 Å². The van der Waals surface area contributed by atoms with E-state index in [1.807, 2.05) is 49.7 Å². The van der Waals surface area contributed by atoms with Crippen molar-refractivity contribution in [2.24, 2.45) is 5.41 Å². The zero-order valence-corrected chi connectivity index (χ0v) is 19.3. The zero-order valence-electron chi connectivity index (χ0n) is 18.5. The topological polar surface area (TPSA) is 102 Å². The molecule has 0 aliphatic carbocycles. The van der Waals surface area contributed by atoms with E-state index >= 15 is 0 Å².